The van der Waals surface area contributed by atoms with Crippen LogP contribution in [-0.2, 0) is 9.53 Å². The van der Waals surface area contributed by atoms with Gasteiger partial charge < -0.3 is 4.74 Å². The standard InChI is InChI=1S/C15H19NO3/c1-11(17)9-10-12-7-5-6-8-13(12)16-14(18)19-15(2,3)4/h5-10H,1-4H3,(H,16,18)/b10-9+. The quantitative estimate of drug-likeness (QED) is 0.845. The van der Waals surface area contributed by atoms with Gasteiger partial charge in [-0.25, -0.2) is 4.79 Å². The Hall–Kier alpha value is -2.10. The Kier molecular flexibility index (Phi) is 4.87. The van der Waals surface area contributed by atoms with Gasteiger partial charge in [0.15, 0.2) is 5.78 Å². The number of hydrogen-bond donors (Lipinski definition) is 1. The number of benzene rings is 1. The number of carbonyl (C=O) groups is 2. The lowest BCUT2D eigenvalue weighted by Crippen LogP contribution is -2.27. The van der Waals surface area contributed by atoms with Gasteiger partial charge in [0.05, 0.1) is 5.69 Å². The summed E-state index contributed by atoms with van der Waals surface area (Å²) in [5, 5.41) is 2.67. The molecule has 4 nitrogen and oxygen atoms in total. The van der Waals surface area contributed by atoms with E-state index in [2.05, 4.69) is 5.32 Å². The number of allylic oxidation sites excluding steroid dienone is 1. The second kappa shape index (κ2) is 6.18. The summed E-state index contributed by atoms with van der Waals surface area (Å²) in [6.45, 7) is 6.87. The molecule has 0 unspecified atom stereocenters. The first-order chi connectivity index (χ1) is 8.78. The van der Waals surface area contributed by atoms with Crippen LogP contribution in [0.1, 0.15) is 33.3 Å². The number of nitrogens with one attached hydrogen (secondary N) is 1. The van der Waals surface area contributed by atoms with Crippen molar-refractivity contribution in [3.8, 4) is 0 Å². The number of ether oxygens (including phenoxy) is 1. The van der Waals surface area contributed by atoms with Gasteiger partial charge in [-0.05, 0) is 51.5 Å². The van der Waals surface area contributed by atoms with Crippen molar-refractivity contribution in [2.75, 3.05) is 5.32 Å². The maximum absolute atomic E-state index is 11.7. The largest absolute Gasteiger partial charge is 0.444 e. The molecule has 0 aromatic heterocycles. The molecule has 1 N–H and O–H groups in total. The SMILES string of the molecule is CC(=O)/C=C/c1ccccc1NC(=O)OC(C)(C)C. The normalized spacial score (nSPS) is 11.4. The van der Waals surface area contributed by atoms with Gasteiger partial charge >= 0.3 is 6.09 Å². The Balaban J connectivity index is 2.84. The monoisotopic (exact) mass is 261 g/mol. The van der Waals surface area contributed by atoms with E-state index in [1.54, 1.807) is 39.0 Å². The van der Waals surface area contributed by atoms with Gasteiger partial charge in [0.1, 0.15) is 5.60 Å². The fourth-order valence-corrected chi connectivity index (χ4v) is 1.38. The Morgan fingerprint density at radius 1 is 1.21 bits per heavy atom. The Morgan fingerprint density at radius 3 is 2.42 bits per heavy atom. The molecule has 1 aromatic carbocycles. The molecule has 0 bridgehead atoms. The van der Waals surface area contributed by atoms with Crippen molar-refractivity contribution in [2.45, 2.75) is 33.3 Å². The van der Waals surface area contributed by atoms with Gasteiger partial charge in [-0.15, -0.1) is 0 Å². The lowest BCUT2D eigenvalue weighted by molar-refractivity contribution is -0.112. The zero-order valence-electron chi connectivity index (χ0n) is 11.7. The highest BCUT2D eigenvalue weighted by Crippen LogP contribution is 2.18. The van der Waals surface area contributed by atoms with Crippen LogP contribution in [0.5, 0.6) is 0 Å². The highest BCUT2D eigenvalue weighted by molar-refractivity contribution is 5.94. The molecule has 0 aliphatic heterocycles. The lowest BCUT2D eigenvalue weighted by Gasteiger charge is -2.20. The Morgan fingerprint density at radius 2 is 1.84 bits per heavy atom. The van der Waals surface area contributed by atoms with Gasteiger partial charge in [-0.1, -0.05) is 18.2 Å². The van der Waals surface area contributed by atoms with Crippen molar-refractivity contribution < 1.29 is 14.3 Å². The second-order valence-corrected chi connectivity index (χ2v) is 5.16. The third-order valence-corrected chi connectivity index (χ3v) is 2.09. The van der Waals surface area contributed by atoms with E-state index in [9.17, 15) is 9.59 Å². The summed E-state index contributed by atoms with van der Waals surface area (Å²) >= 11 is 0. The number of hydrogen-bond acceptors (Lipinski definition) is 3. The van der Waals surface area contributed by atoms with E-state index in [4.69, 9.17) is 4.74 Å². The second-order valence-electron chi connectivity index (χ2n) is 5.16. The molecule has 19 heavy (non-hydrogen) atoms. The minimum atomic E-state index is -0.547. The maximum atomic E-state index is 11.7. The van der Waals surface area contributed by atoms with Crippen molar-refractivity contribution >= 4 is 23.6 Å². The molecule has 0 heterocycles. The Bertz CT molecular complexity index is 498. The van der Waals surface area contributed by atoms with E-state index in [1.165, 1.54) is 13.0 Å². The predicted molar refractivity (Wildman–Crippen MR) is 76.0 cm³/mol. The lowest BCUT2D eigenvalue weighted by atomic mass is 10.1. The van der Waals surface area contributed by atoms with Crippen LogP contribution in [0.15, 0.2) is 30.3 Å². The van der Waals surface area contributed by atoms with E-state index in [0.29, 0.717) is 5.69 Å². The number of rotatable bonds is 3. The number of amides is 1. The minimum absolute atomic E-state index is 0.0490. The third-order valence-electron chi connectivity index (χ3n) is 2.09. The van der Waals surface area contributed by atoms with Crippen LogP contribution < -0.4 is 5.32 Å². The molecule has 0 radical (unpaired) electrons. The maximum Gasteiger partial charge on any atom is 0.412 e. The van der Waals surface area contributed by atoms with Crippen LogP contribution in [0.3, 0.4) is 0 Å². The molecule has 1 amide bonds. The van der Waals surface area contributed by atoms with Crippen molar-refractivity contribution in [3.63, 3.8) is 0 Å². The summed E-state index contributed by atoms with van der Waals surface area (Å²) in [5.74, 6) is -0.0490. The first-order valence-corrected chi connectivity index (χ1v) is 6.05. The van der Waals surface area contributed by atoms with Crippen molar-refractivity contribution in [3.05, 3.63) is 35.9 Å². The third kappa shape index (κ3) is 5.86. The number of para-hydroxylation sites is 1. The van der Waals surface area contributed by atoms with Crippen LogP contribution >= 0.6 is 0 Å². The van der Waals surface area contributed by atoms with Crippen LogP contribution in [0.4, 0.5) is 10.5 Å². The molecule has 0 atom stereocenters. The first-order valence-electron chi connectivity index (χ1n) is 6.05. The molecule has 0 aliphatic rings. The van der Waals surface area contributed by atoms with Gasteiger partial charge in [0, 0.05) is 0 Å². The van der Waals surface area contributed by atoms with Gasteiger partial charge in [0.2, 0.25) is 0 Å². The van der Waals surface area contributed by atoms with Crippen LogP contribution in [0, 0.1) is 0 Å². The van der Waals surface area contributed by atoms with Gasteiger partial charge in [-0.2, -0.15) is 0 Å². The van der Waals surface area contributed by atoms with Crippen molar-refractivity contribution in [2.24, 2.45) is 0 Å². The smallest absolute Gasteiger partial charge is 0.412 e. The Labute approximate surface area is 113 Å². The number of ketones is 1. The van der Waals surface area contributed by atoms with E-state index in [-0.39, 0.29) is 5.78 Å². The predicted octanol–water partition coefficient (Wildman–Crippen LogP) is 3.64. The molecule has 0 spiro atoms. The van der Waals surface area contributed by atoms with E-state index in [0.717, 1.165) is 5.56 Å². The van der Waals surface area contributed by atoms with E-state index in [1.807, 2.05) is 12.1 Å². The molecule has 0 aliphatic carbocycles. The molecule has 0 saturated heterocycles. The van der Waals surface area contributed by atoms with E-state index < -0.39 is 11.7 Å². The average molecular weight is 261 g/mol. The minimum Gasteiger partial charge on any atom is -0.444 e. The van der Waals surface area contributed by atoms with Crippen LogP contribution in [-0.4, -0.2) is 17.5 Å². The van der Waals surface area contributed by atoms with Crippen molar-refractivity contribution in [1.82, 2.24) is 0 Å². The average Bonchev–Trinajstić information content (AvgIpc) is 2.25. The first kappa shape index (κ1) is 15.0. The summed E-state index contributed by atoms with van der Waals surface area (Å²) in [6, 6.07) is 7.20. The molecular weight excluding hydrogens is 242 g/mol. The topological polar surface area (TPSA) is 55.4 Å². The summed E-state index contributed by atoms with van der Waals surface area (Å²) in [4.78, 5) is 22.6. The van der Waals surface area contributed by atoms with Gasteiger partial charge in [-0.3, -0.25) is 10.1 Å². The van der Waals surface area contributed by atoms with Gasteiger partial charge in [0.25, 0.3) is 0 Å². The molecule has 1 aromatic rings. The summed E-state index contributed by atoms with van der Waals surface area (Å²) in [5.41, 5.74) is 0.812. The molecular formula is C15H19NO3. The summed E-state index contributed by atoms with van der Waals surface area (Å²) < 4.78 is 5.18. The molecule has 1 rings (SSSR count). The molecule has 0 saturated carbocycles. The highest BCUT2D eigenvalue weighted by atomic mass is 16.6. The van der Waals surface area contributed by atoms with E-state index >= 15 is 0 Å². The highest BCUT2D eigenvalue weighted by Gasteiger charge is 2.16. The number of carbonyl (C=O) groups excluding carboxylic acids is 2. The van der Waals surface area contributed by atoms with Crippen molar-refractivity contribution in [1.29, 1.82) is 0 Å². The molecule has 102 valence electrons. The fourth-order valence-electron chi connectivity index (χ4n) is 1.38. The summed E-state index contributed by atoms with van der Waals surface area (Å²) in [6.07, 6.45) is 2.60. The molecule has 0 fully saturated rings. The fraction of sp³-hybridized carbons (Fsp3) is 0.333. The summed E-state index contributed by atoms with van der Waals surface area (Å²) in [7, 11) is 0. The zero-order chi connectivity index (χ0) is 14.5. The van der Waals surface area contributed by atoms with Crippen LogP contribution in [0.2, 0.25) is 0 Å². The molecule has 4 heteroatoms. The number of anilines is 1. The van der Waals surface area contributed by atoms with Crippen LogP contribution in [0.25, 0.3) is 6.08 Å². The zero-order valence-corrected chi connectivity index (χ0v) is 11.7.